The summed E-state index contributed by atoms with van der Waals surface area (Å²) in [5.41, 5.74) is 1.11. The van der Waals surface area contributed by atoms with E-state index in [4.69, 9.17) is 16.7 Å². The van der Waals surface area contributed by atoms with E-state index in [1.807, 2.05) is 0 Å². The van der Waals surface area contributed by atoms with Gasteiger partial charge in [-0.15, -0.1) is 0 Å². The Kier molecular flexibility index (Phi) is 3.82. The highest BCUT2D eigenvalue weighted by atomic mass is 35.5. The van der Waals surface area contributed by atoms with Crippen molar-refractivity contribution in [2.45, 2.75) is 6.42 Å². The number of aromatic nitrogens is 2. The van der Waals surface area contributed by atoms with Gasteiger partial charge in [-0.05, 0) is 24.3 Å². The summed E-state index contributed by atoms with van der Waals surface area (Å²) in [6, 6.07) is 5.81. The van der Waals surface area contributed by atoms with Gasteiger partial charge in [-0.25, -0.2) is 4.79 Å². The van der Waals surface area contributed by atoms with E-state index in [1.54, 1.807) is 12.3 Å². The van der Waals surface area contributed by atoms with E-state index in [0.717, 1.165) is 0 Å². The van der Waals surface area contributed by atoms with Crippen molar-refractivity contribution in [3.8, 4) is 0 Å². The fourth-order valence-corrected chi connectivity index (χ4v) is 1.73. The predicted octanol–water partition coefficient (Wildman–Crippen LogP) is 1.94. The Morgan fingerprint density at radius 1 is 1.37 bits per heavy atom. The molecule has 0 spiro atoms. The lowest BCUT2D eigenvalue weighted by molar-refractivity contribution is -0.115. The van der Waals surface area contributed by atoms with Crippen molar-refractivity contribution in [1.82, 2.24) is 10.2 Å². The Labute approximate surface area is 113 Å². The molecule has 1 aromatic heterocycles. The zero-order valence-corrected chi connectivity index (χ0v) is 10.4. The van der Waals surface area contributed by atoms with Crippen LogP contribution in [-0.2, 0) is 11.2 Å². The molecule has 1 aromatic carbocycles. The fraction of sp³-hybridized carbons (Fsp3) is 0.0833. The average molecular weight is 280 g/mol. The molecule has 0 radical (unpaired) electrons. The molecule has 0 bridgehead atoms. The van der Waals surface area contributed by atoms with Crippen LogP contribution in [0, 0.1) is 0 Å². The van der Waals surface area contributed by atoms with Gasteiger partial charge in [0, 0.05) is 11.9 Å². The van der Waals surface area contributed by atoms with Crippen molar-refractivity contribution >= 4 is 29.2 Å². The average Bonchev–Trinajstić information content (AvgIpc) is 2.84. The quantitative estimate of drug-likeness (QED) is 0.797. The van der Waals surface area contributed by atoms with Gasteiger partial charge in [0.15, 0.2) is 0 Å². The summed E-state index contributed by atoms with van der Waals surface area (Å²) in [7, 11) is 0. The Hall–Kier alpha value is -2.34. The van der Waals surface area contributed by atoms with Crippen molar-refractivity contribution in [1.29, 1.82) is 0 Å². The van der Waals surface area contributed by atoms with Gasteiger partial charge in [0.2, 0.25) is 5.91 Å². The van der Waals surface area contributed by atoms with Gasteiger partial charge in [-0.2, -0.15) is 5.10 Å². The molecule has 0 saturated carbocycles. The Morgan fingerprint density at radius 2 is 2.16 bits per heavy atom. The highest BCUT2D eigenvalue weighted by Gasteiger charge is 2.10. The number of carboxylic acid groups (broad SMARTS) is 1. The summed E-state index contributed by atoms with van der Waals surface area (Å²) in [6.07, 6.45) is 1.69. The van der Waals surface area contributed by atoms with Crippen LogP contribution in [0.25, 0.3) is 0 Å². The van der Waals surface area contributed by atoms with Gasteiger partial charge in [0.1, 0.15) is 0 Å². The Bertz CT molecular complexity index is 611. The molecular formula is C12H10ClN3O3. The van der Waals surface area contributed by atoms with Gasteiger partial charge >= 0.3 is 5.97 Å². The molecule has 0 aliphatic carbocycles. The molecule has 0 atom stereocenters. The smallest absolute Gasteiger partial charge is 0.335 e. The van der Waals surface area contributed by atoms with Crippen molar-refractivity contribution in [3.63, 3.8) is 0 Å². The molecule has 3 N–H and O–H groups in total. The van der Waals surface area contributed by atoms with Crippen molar-refractivity contribution in [2.24, 2.45) is 0 Å². The number of aromatic amines is 1. The van der Waals surface area contributed by atoms with Crippen LogP contribution >= 0.6 is 11.6 Å². The van der Waals surface area contributed by atoms with E-state index in [0.29, 0.717) is 11.4 Å². The molecule has 19 heavy (non-hydrogen) atoms. The maximum Gasteiger partial charge on any atom is 0.335 e. The van der Waals surface area contributed by atoms with Gasteiger partial charge in [-0.1, -0.05) is 11.6 Å². The first-order valence-electron chi connectivity index (χ1n) is 5.37. The zero-order chi connectivity index (χ0) is 13.8. The number of carboxylic acids is 1. The van der Waals surface area contributed by atoms with Crippen LogP contribution in [0.2, 0.25) is 5.02 Å². The molecule has 7 heteroatoms. The molecule has 0 aliphatic heterocycles. The number of hydrogen-bond donors (Lipinski definition) is 3. The number of hydrogen-bond acceptors (Lipinski definition) is 3. The minimum Gasteiger partial charge on any atom is -0.478 e. The first-order chi connectivity index (χ1) is 9.06. The van der Waals surface area contributed by atoms with Crippen molar-refractivity contribution in [3.05, 3.63) is 46.7 Å². The van der Waals surface area contributed by atoms with Crippen LogP contribution in [-0.4, -0.2) is 27.2 Å². The van der Waals surface area contributed by atoms with Gasteiger partial charge < -0.3 is 10.4 Å². The van der Waals surface area contributed by atoms with E-state index in [1.165, 1.54) is 18.2 Å². The zero-order valence-electron chi connectivity index (χ0n) is 9.68. The number of rotatable bonds is 4. The van der Waals surface area contributed by atoms with Crippen LogP contribution in [0.3, 0.4) is 0 Å². The number of nitrogens with one attached hydrogen (secondary N) is 2. The highest BCUT2D eigenvalue weighted by molar-refractivity contribution is 6.34. The highest BCUT2D eigenvalue weighted by Crippen LogP contribution is 2.23. The molecule has 2 rings (SSSR count). The largest absolute Gasteiger partial charge is 0.478 e. The summed E-state index contributed by atoms with van der Waals surface area (Å²) in [5, 5.41) is 18.0. The summed E-state index contributed by atoms with van der Waals surface area (Å²) in [4.78, 5) is 22.5. The lowest BCUT2D eigenvalue weighted by atomic mass is 10.2. The molecule has 6 nitrogen and oxygen atoms in total. The van der Waals surface area contributed by atoms with Gasteiger partial charge in [-0.3, -0.25) is 9.89 Å². The molecule has 2 aromatic rings. The molecule has 0 unspecified atom stereocenters. The molecule has 0 fully saturated rings. The molecular weight excluding hydrogens is 270 g/mol. The number of amides is 1. The molecule has 0 saturated heterocycles. The number of nitrogens with zero attached hydrogens (tertiary/aromatic N) is 1. The second kappa shape index (κ2) is 5.53. The molecule has 98 valence electrons. The van der Waals surface area contributed by atoms with E-state index >= 15 is 0 Å². The number of aromatic carboxylic acids is 1. The number of carbonyl (C=O) groups is 2. The van der Waals surface area contributed by atoms with Crippen molar-refractivity contribution < 1.29 is 14.7 Å². The van der Waals surface area contributed by atoms with Crippen LogP contribution in [0.4, 0.5) is 5.69 Å². The van der Waals surface area contributed by atoms with Gasteiger partial charge in [0.25, 0.3) is 0 Å². The summed E-state index contributed by atoms with van der Waals surface area (Å²) in [5.74, 6) is -1.34. The van der Waals surface area contributed by atoms with Crippen LogP contribution < -0.4 is 5.32 Å². The Balaban J connectivity index is 2.07. The second-order valence-electron chi connectivity index (χ2n) is 3.81. The number of carbonyl (C=O) groups excluding carboxylic acids is 1. The number of anilines is 1. The van der Waals surface area contributed by atoms with E-state index in [-0.39, 0.29) is 22.9 Å². The Morgan fingerprint density at radius 3 is 2.74 bits per heavy atom. The molecule has 1 amide bonds. The third kappa shape index (κ3) is 3.32. The monoisotopic (exact) mass is 279 g/mol. The summed E-state index contributed by atoms with van der Waals surface area (Å²) in [6.45, 7) is 0. The summed E-state index contributed by atoms with van der Waals surface area (Å²) < 4.78 is 0. The molecule has 1 heterocycles. The maximum atomic E-state index is 11.7. The molecule has 0 aliphatic rings. The topological polar surface area (TPSA) is 95.1 Å². The van der Waals surface area contributed by atoms with Crippen LogP contribution in [0.5, 0.6) is 0 Å². The standard InChI is InChI=1S/C12H10ClN3O3/c13-9-5-7(12(18)19)1-2-10(9)15-11(17)6-8-3-4-14-16-8/h1-5H,6H2,(H,14,16)(H,15,17)(H,18,19). The summed E-state index contributed by atoms with van der Waals surface area (Å²) >= 11 is 5.90. The number of benzene rings is 1. The first-order valence-corrected chi connectivity index (χ1v) is 5.75. The van der Waals surface area contributed by atoms with Crippen LogP contribution in [0.15, 0.2) is 30.5 Å². The third-order valence-corrected chi connectivity index (χ3v) is 2.71. The second-order valence-corrected chi connectivity index (χ2v) is 4.21. The van der Waals surface area contributed by atoms with E-state index < -0.39 is 5.97 Å². The van der Waals surface area contributed by atoms with Gasteiger partial charge in [0.05, 0.1) is 22.7 Å². The minimum atomic E-state index is -1.07. The SMILES string of the molecule is O=C(Cc1ccn[nH]1)Nc1ccc(C(=O)O)cc1Cl. The van der Waals surface area contributed by atoms with Crippen LogP contribution in [0.1, 0.15) is 16.1 Å². The maximum absolute atomic E-state index is 11.7. The minimum absolute atomic E-state index is 0.0663. The number of halogens is 1. The normalized spacial score (nSPS) is 10.2. The first kappa shape index (κ1) is 13.1. The number of H-pyrrole nitrogens is 1. The lowest BCUT2D eigenvalue weighted by Gasteiger charge is -2.07. The third-order valence-electron chi connectivity index (χ3n) is 2.40. The lowest BCUT2D eigenvalue weighted by Crippen LogP contribution is -2.15. The predicted molar refractivity (Wildman–Crippen MR) is 69.3 cm³/mol. The van der Waals surface area contributed by atoms with Crippen molar-refractivity contribution in [2.75, 3.05) is 5.32 Å². The fourth-order valence-electron chi connectivity index (χ4n) is 1.50. The van der Waals surface area contributed by atoms with E-state index in [2.05, 4.69) is 15.5 Å². The van der Waals surface area contributed by atoms with E-state index in [9.17, 15) is 9.59 Å².